The van der Waals surface area contributed by atoms with Gasteiger partial charge in [0.25, 0.3) is 0 Å². The van der Waals surface area contributed by atoms with Crippen LogP contribution in [0.15, 0.2) is 67.1 Å². The van der Waals surface area contributed by atoms with Crippen LogP contribution in [0.3, 0.4) is 0 Å². The molecule has 6 heteroatoms. The molecule has 0 saturated heterocycles. The van der Waals surface area contributed by atoms with Crippen molar-refractivity contribution >= 4 is 28.5 Å². The van der Waals surface area contributed by atoms with E-state index in [1.54, 1.807) is 6.33 Å². The number of rotatable bonds is 8. The van der Waals surface area contributed by atoms with Crippen LogP contribution >= 0.6 is 11.6 Å². The molecule has 0 aliphatic carbocycles. The van der Waals surface area contributed by atoms with E-state index in [1.165, 1.54) is 0 Å². The Balaban J connectivity index is 1.80. The lowest BCUT2D eigenvalue weighted by molar-refractivity contribution is 0.316. The summed E-state index contributed by atoms with van der Waals surface area (Å²) in [5.74, 6) is 0.860. The lowest BCUT2D eigenvalue weighted by Gasteiger charge is -2.18. The van der Waals surface area contributed by atoms with Gasteiger partial charge < -0.3 is 14.8 Å². The smallest absolute Gasteiger partial charge is 0.150 e. The zero-order chi connectivity index (χ0) is 20.9. The molecule has 1 N–H and O–H groups in total. The first kappa shape index (κ1) is 20.4. The van der Waals surface area contributed by atoms with E-state index in [0.717, 1.165) is 59.8 Å². The first-order valence-electron chi connectivity index (χ1n) is 10.3. The molecule has 154 valence electrons. The molecule has 2 aromatic heterocycles. The van der Waals surface area contributed by atoms with Gasteiger partial charge in [-0.05, 0) is 42.9 Å². The van der Waals surface area contributed by atoms with E-state index in [-0.39, 0.29) is 0 Å². The number of halogens is 1. The van der Waals surface area contributed by atoms with E-state index in [9.17, 15) is 0 Å². The lowest BCUT2D eigenvalue weighted by atomic mass is 10.1. The van der Waals surface area contributed by atoms with Crippen molar-refractivity contribution in [3.63, 3.8) is 0 Å². The summed E-state index contributed by atoms with van der Waals surface area (Å²) < 4.78 is 2.10. The van der Waals surface area contributed by atoms with E-state index in [4.69, 9.17) is 11.6 Å². The fourth-order valence-electron chi connectivity index (χ4n) is 3.70. The second kappa shape index (κ2) is 9.28. The molecule has 0 amide bonds. The van der Waals surface area contributed by atoms with Crippen molar-refractivity contribution in [1.29, 1.82) is 0 Å². The van der Waals surface area contributed by atoms with Gasteiger partial charge in [-0.2, -0.15) is 0 Å². The van der Waals surface area contributed by atoms with E-state index >= 15 is 0 Å². The molecule has 0 atom stereocenters. The first-order chi connectivity index (χ1) is 14.7. The van der Waals surface area contributed by atoms with Crippen LogP contribution < -0.4 is 5.32 Å². The van der Waals surface area contributed by atoms with Crippen molar-refractivity contribution in [2.24, 2.45) is 0 Å². The third kappa shape index (κ3) is 4.18. The number of nitrogens with zero attached hydrogens (tertiary/aromatic N) is 4. The number of likely N-dealkylation sites (N-methyl/N-ethyl adjacent to an activating group) is 1. The fourth-order valence-corrected chi connectivity index (χ4v) is 3.83. The molecular weight excluding hydrogens is 394 g/mol. The average Bonchev–Trinajstić information content (AvgIpc) is 3.18. The summed E-state index contributed by atoms with van der Waals surface area (Å²) in [7, 11) is 0. The van der Waals surface area contributed by atoms with Gasteiger partial charge in [-0.15, -0.1) is 0 Å². The van der Waals surface area contributed by atoms with Gasteiger partial charge in [0.1, 0.15) is 12.1 Å². The third-order valence-corrected chi connectivity index (χ3v) is 5.64. The summed E-state index contributed by atoms with van der Waals surface area (Å²) in [6.45, 7) is 8.25. The summed E-state index contributed by atoms with van der Waals surface area (Å²) in [6.07, 6.45) is 3.76. The zero-order valence-electron chi connectivity index (χ0n) is 17.3. The molecule has 4 rings (SSSR count). The summed E-state index contributed by atoms with van der Waals surface area (Å²) in [6, 6.07) is 18.2. The predicted molar refractivity (Wildman–Crippen MR) is 126 cm³/mol. The highest BCUT2D eigenvalue weighted by Gasteiger charge is 2.17. The van der Waals surface area contributed by atoms with Crippen molar-refractivity contribution in [2.75, 3.05) is 31.5 Å². The van der Waals surface area contributed by atoms with Crippen molar-refractivity contribution in [3.05, 3.63) is 72.1 Å². The Morgan fingerprint density at radius 2 is 1.70 bits per heavy atom. The highest BCUT2D eigenvalue weighted by molar-refractivity contribution is 6.30. The Labute approximate surface area is 182 Å². The zero-order valence-corrected chi connectivity index (χ0v) is 18.1. The second-order valence-electron chi connectivity index (χ2n) is 7.13. The number of hydrogen-bond donors (Lipinski definition) is 1. The van der Waals surface area contributed by atoms with E-state index in [2.05, 4.69) is 69.1 Å². The van der Waals surface area contributed by atoms with Crippen molar-refractivity contribution < 1.29 is 0 Å². The Hall–Kier alpha value is -2.89. The molecule has 2 aromatic carbocycles. The maximum absolute atomic E-state index is 6.10. The van der Waals surface area contributed by atoms with E-state index < -0.39 is 0 Å². The van der Waals surface area contributed by atoms with Crippen LogP contribution in [-0.4, -0.2) is 45.6 Å². The van der Waals surface area contributed by atoms with Gasteiger partial charge in [0, 0.05) is 35.6 Å². The van der Waals surface area contributed by atoms with E-state index in [1.807, 2.05) is 30.3 Å². The summed E-state index contributed by atoms with van der Waals surface area (Å²) in [5, 5.41) is 5.28. The lowest BCUT2D eigenvalue weighted by Crippen LogP contribution is -2.28. The van der Waals surface area contributed by atoms with Crippen molar-refractivity contribution in [3.8, 4) is 16.8 Å². The SMILES string of the molecule is CCN(CC)CCNc1ncnc2c1c(-c1ccccc1)cn2-c1ccc(Cl)cc1. The van der Waals surface area contributed by atoms with Gasteiger partial charge in [0.2, 0.25) is 0 Å². The van der Waals surface area contributed by atoms with Crippen LogP contribution in [0.5, 0.6) is 0 Å². The van der Waals surface area contributed by atoms with Crippen LogP contribution in [-0.2, 0) is 0 Å². The molecular formula is C24H26ClN5. The number of hydrogen-bond acceptors (Lipinski definition) is 4. The highest BCUT2D eigenvalue weighted by Crippen LogP contribution is 2.35. The molecule has 30 heavy (non-hydrogen) atoms. The molecule has 0 aliphatic rings. The minimum absolute atomic E-state index is 0.715. The van der Waals surface area contributed by atoms with Gasteiger partial charge in [0.05, 0.1) is 5.39 Å². The molecule has 4 aromatic rings. The van der Waals surface area contributed by atoms with Crippen LogP contribution in [0.1, 0.15) is 13.8 Å². The molecule has 0 spiro atoms. The number of aromatic nitrogens is 3. The largest absolute Gasteiger partial charge is 0.368 e. The van der Waals surface area contributed by atoms with Gasteiger partial charge >= 0.3 is 0 Å². The maximum atomic E-state index is 6.10. The summed E-state index contributed by atoms with van der Waals surface area (Å²) >= 11 is 6.10. The summed E-state index contributed by atoms with van der Waals surface area (Å²) in [5.41, 5.74) is 4.12. The predicted octanol–water partition coefficient (Wildman–Crippen LogP) is 5.49. The fraction of sp³-hybridized carbons (Fsp3) is 0.250. The summed E-state index contributed by atoms with van der Waals surface area (Å²) in [4.78, 5) is 11.6. The maximum Gasteiger partial charge on any atom is 0.150 e. The molecule has 0 saturated carbocycles. The molecule has 0 radical (unpaired) electrons. The minimum Gasteiger partial charge on any atom is -0.368 e. The van der Waals surface area contributed by atoms with Crippen molar-refractivity contribution in [1.82, 2.24) is 19.4 Å². The molecule has 5 nitrogen and oxygen atoms in total. The Kier molecular flexibility index (Phi) is 6.31. The highest BCUT2D eigenvalue weighted by atomic mass is 35.5. The molecule has 2 heterocycles. The minimum atomic E-state index is 0.715. The Morgan fingerprint density at radius 1 is 0.967 bits per heavy atom. The molecule has 0 unspecified atom stereocenters. The van der Waals surface area contributed by atoms with Crippen LogP contribution in [0.2, 0.25) is 5.02 Å². The second-order valence-corrected chi connectivity index (χ2v) is 7.57. The topological polar surface area (TPSA) is 46.0 Å². The van der Waals surface area contributed by atoms with Gasteiger partial charge in [-0.25, -0.2) is 9.97 Å². The van der Waals surface area contributed by atoms with Crippen LogP contribution in [0, 0.1) is 0 Å². The monoisotopic (exact) mass is 419 g/mol. The van der Waals surface area contributed by atoms with E-state index in [0.29, 0.717) is 5.02 Å². The number of nitrogens with one attached hydrogen (secondary N) is 1. The normalized spacial score (nSPS) is 11.3. The standard InChI is InChI=1S/C24H26ClN5/c1-3-29(4-2)15-14-26-23-22-21(18-8-6-5-7-9-18)16-30(24(22)28-17-27-23)20-12-10-19(25)11-13-20/h5-13,16-17H,3-4,14-15H2,1-2H3,(H,26,27,28). The van der Waals surface area contributed by atoms with Crippen molar-refractivity contribution in [2.45, 2.75) is 13.8 Å². The Bertz CT molecular complexity index is 1100. The van der Waals surface area contributed by atoms with Crippen LogP contribution in [0.25, 0.3) is 27.8 Å². The third-order valence-electron chi connectivity index (χ3n) is 5.39. The number of anilines is 1. The molecule has 0 aliphatic heterocycles. The Morgan fingerprint density at radius 3 is 2.40 bits per heavy atom. The molecule has 0 fully saturated rings. The number of fused-ring (bicyclic) bond motifs is 1. The quantitative estimate of drug-likeness (QED) is 0.410. The average molecular weight is 420 g/mol. The van der Waals surface area contributed by atoms with Gasteiger partial charge in [-0.3, -0.25) is 0 Å². The van der Waals surface area contributed by atoms with Gasteiger partial charge in [0.15, 0.2) is 5.65 Å². The van der Waals surface area contributed by atoms with Crippen LogP contribution in [0.4, 0.5) is 5.82 Å². The molecule has 0 bridgehead atoms. The number of benzene rings is 2. The first-order valence-corrected chi connectivity index (χ1v) is 10.7. The van der Waals surface area contributed by atoms with Gasteiger partial charge in [-0.1, -0.05) is 55.8 Å².